The molecule has 0 saturated carbocycles. The fourth-order valence-electron chi connectivity index (χ4n) is 10.7. The van der Waals surface area contributed by atoms with Gasteiger partial charge in [-0.25, -0.2) is 9.98 Å². The van der Waals surface area contributed by atoms with Gasteiger partial charge in [-0.1, -0.05) is 183 Å². The molecule has 2 heterocycles. The van der Waals surface area contributed by atoms with Gasteiger partial charge in [0.25, 0.3) is 0 Å². The van der Waals surface area contributed by atoms with Crippen molar-refractivity contribution >= 4 is 71.8 Å². The lowest BCUT2D eigenvalue weighted by molar-refractivity contribution is 1.18. The van der Waals surface area contributed by atoms with Gasteiger partial charge < -0.3 is 4.57 Å². The van der Waals surface area contributed by atoms with E-state index in [1.54, 1.807) is 0 Å². The van der Waals surface area contributed by atoms with Crippen molar-refractivity contribution < 1.29 is 0 Å². The van der Waals surface area contributed by atoms with Crippen molar-refractivity contribution in [1.82, 2.24) is 9.13 Å². The number of aromatic nitrogens is 2. The number of nitrogens with zero attached hydrogens (tertiary/aromatic N) is 4. The Hall–Kier alpha value is -8.86. The first-order valence-corrected chi connectivity index (χ1v) is 23.3. The summed E-state index contributed by atoms with van der Waals surface area (Å²) in [6.07, 6.45) is 0.907. The number of hydrogen-bond donors (Lipinski definition) is 0. The highest BCUT2D eigenvalue weighted by Gasteiger charge is 2.24. The number of benzene rings is 10. The van der Waals surface area contributed by atoms with Gasteiger partial charge in [0.05, 0.1) is 27.8 Å². The Morgan fingerprint density at radius 1 is 0.441 bits per heavy atom. The Labute approximate surface area is 394 Å². The van der Waals surface area contributed by atoms with E-state index in [0.717, 1.165) is 45.7 Å². The van der Waals surface area contributed by atoms with Crippen LogP contribution in [0.25, 0.3) is 99.1 Å². The summed E-state index contributed by atoms with van der Waals surface area (Å²) in [7, 11) is 0. The van der Waals surface area contributed by atoms with Gasteiger partial charge in [-0.3, -0.25) is 4.57 Å². The molecule has 0 radical (unpaired) electrons. The molecule has 0 unspecified atom stereocenters. The van der Waals surface area contributed by atoms with E-state index >= 15 is 0 Å². The summed E-state index contributed by atoms with van der Waals surface area (Å²) in [5.74, 6) is 1.43. The summed E-state index contributed by atoms with van der Waals surface area (Å²) < 4.78 is 4.70. The summed E-state index contributed by atoms with van der Waals surface area (Å²) in [5.41, 5.74) is 18.5. The van der Waals surface area contributed by atoms with Crippen LogP contribution in [0.2, 0.25) is 0 Å². The summed E-state index contributed by atoms with van der Waals surface area (Å²) in [4.78, 5) is 10.3. The number of para-hydroxylation sites is 2. The number of rotatable bonds is 6. The Kier molecular flexibility index (Phi) is 9.26. The predicted molar refractivity (Wildman–Crippen MR) is 287 cm³/mol. The standard InChI is InChI=1S/C64H44N4/c1-41(43-17-6-3-7-18-43)65-64(45-20-8-4-9-21-45)66-42(2)67-58-28-15-14-26-54(58)55-34-31-47(40-61(55)67)46-29-30-48-37-50-22-16-27-53(62(50)56(48)38-46)49-33-35-59-57(39-49)63-52-25-13-12-19-44(52)32-36-60(63)68(59)51-23-10-5-11-24-51/h3-36,38-40H,1,37H2,2H3. The van der Waals surface area contributed by atoms with Gasteiger partial charge in [-0.2, -0.15) is 0 Å². The molecule has 320 valence electrons. The molecule has 0 bridgehead atoms. The summed E-state index contributed by atoms with van der Waals surface area (Å²) >= 11 is 0. The van der Waals surface area contributed by atoms with Crippen molar-refractivity contribution in [3.8, 4) is 39.1 Å². The molecule has 0 amide bonds. The number of hydrogen-bond acceptors (Lipinski definition) is 1. The van der Waals surface area contributed by atoms with Gasteiger partial charge in [0.2, 0.25) is 0 Å². The van der Waals surface area contributed by atoms with Crippen LogP contribution in [-0.4, -0.2) is 20.8 Å². The fourth-order valence-corrected chi connectivity index (χ4v) is 10.7. The van der Waals surface area contributed by atoms with Crippen molar-refractivity contribution in [2.45, 2.75) is 13.3 Å². The molecule has 0 saturated heterocycles. The molecule has 13 rings (SSSR count). The zero-order chi connectivity index (χ0) is 45.3. The molecule has 1 aliphatic carbocycles. The first kappa shape index (κ1) is 39.5. The molecule has 0 fully saturated rings. The summed E-state index contributed by atoms with van der Waals surface area (Å²) in [6.45, 7) is 6.42. The molecule has 0 atom stereocenters. The van der Waals surface area contributed by atoms with Gasteiger partial charge in [-0.15, -0.1) is 0 Å². The van der Waals surface area contributed by atoms with Gasteiger partial charge in [0.1, 0.15) is 5.84 Å². The van der Waals surface area contributed by atoms with E-state index in [9.17, 15) is 0 Å². The molecule has 10 aromatic carbocycles. The van der Waals surface area contributed by atoms with Crippen molar-refractivity contribution in [3.05, 3.63) is 253 Å². The Morgan fingerprint density at radius 3 is 1.93 bits per heavy atom. The minimum Gasteiger partial charge on any atom is -0.309 e. The van der Waals surface area contributed by atoms with Crippen LogP contribution >= 0.6 is 0 Å². The lowest BCUT2D eigenvalue weighted by Crippen LogP contribution is -2.11. The second-order valence-corrected chi connectivity index (χ2v) is 17.8. The van der Waals surface area contributed by atoms with E-state index < -0.39 is 0 Å². The normalized spacial score (nSPS) is 12.7. The van der Waals surface area contributed by atoms with E-state index in [1.807, 2.05) is 48.5 Å². The largest absolute Gasteiger partial charge is 0.309 e. The molecule has 68 heavy (non-hydrogen) atoms. The molecule has 1 aliphatic rings. The van der Waals surface area contributed by atoms with E-state index in [-0.39, 0.29) is 0 Å². The molecular weight excluding hydrogens is 825 g/mol. The van der Waals surface area contributed by atoms with Crippen LogP contribution < -0.4 is 0 Å². The molecule has 0 aliphatic heterocycles. The van der Waals surface area contributed by atoms with Crippen LogP contribution in [0.1, 0.15) is 29.2 Å². The lowest BCUT2D eigenvalue weighted by atomic mass is 9.91. The van der Waals surface area contributed by atoms with Crippen LogP contribution in [0.5, 0.6) is 0 Å². The highest BCUT2D eigenvalue weighted by atomic mass is 15.1. The van der Waals surface area contributed by atoms with Crippen molar-refractivity contribution in [3.63, 3.8) is 0 Å². The van der Waals surface area contributed by atoms with Crippen LogP contribution in [0, 0.1) is 0 Å². The lowest BCUT2D eigenvalue weighted by Gasteiger charge is -2.13. The van der Waals surface area contributed by atoms with Gasteiger partial charge in [0, 0.05) is 32.8 Å². The monoisotopic (exact) mass is 868 g/mol. The smallest absolute Gasteiger partial charge is 0.161 e. The van der Waals surface area contributed by atoms with Gasteiger partial charge in [-0.05, 0) is 123 Å². The topological polar surface area (TPSA) is 34.6 Å². The number of aliphatic imine (C=N–C) groups is 2. The maximum atomic E-state index is 5.30. The zero-order valence-electron chi connectivity index (χ0n) is 37.6. The second-order valence-electron chi connectivity index (χ2n) is 17.8. The summed E-state index contributed by atoms with van der Waals surface area (Å²) in [6, 6.07) is 80.8. The highest BCUT2D eigenvalue weighted by Crippen LogP contribution is 2.46. The molecule has 2 aromatic heterocycles. The number of fused-ring (bicyclic) bond motifs is 11. The van der Waals surface area contributed by atoms with E-state index in [0.29, 0.717) is 11.5 Å². The molecular formula is C64H44N4. The molecule has 12 aromatic rings. The molecule has 0 spiro atoms. The maximum Gasteiger partial charge on any atom is 0.161 e. The number of amidine groups is 1. The third-order valence-electron chi connectivity index (χ3n) is 13.9. The Balaban J connectivity index is 0.940. The zero-order valence-corrected chi connectivity index (χ0v) is 37.6. The Bertz CT molecular complexity index is 4060. The third-order valence-corrected chi connectivity index (χ3v) is 13.9. The van der Waals surface area contributed by atoms with Gasteiger partial charge >= 0.3 is 0 Å². The highest BCUT2D eigenvalue weighted by molar-refractivity contribution is 6.22. The van der Waals surface area contributed by atoms with Crippen molar-refractivity contribution in [1.29, 1.82) is 0 Å². The van der Waals surface area contributed by atoms with Crippen molar-refractivity contribution in [2.75, 3.05) is 0 Å². The van der Waals surface area contributed by atoms with Crippen LogP contribution in [-0.2, 0) is 6.42 Å². The predicted octanol–water partition coefficient (Wildman–Crippen LogP) is 16.3. The van der Waals surface area contributed by atoms with Crippen molar-refractivity contribution in [2.24, 2.45) is 9.98 Å². The quantitative estimate of drug-likeness (QED) is 0.118. The first-order valence-electron chi connectivity index (χ1n) is 23.3. The average molecular weight is 869 g/mol. The molecule has 4 heteroatoms. The van der Waals surface area contributed by atoms with Gasteiger partial charge in [0.15, 0.2) is 5.84 Å². The molecule has 4 nitrogen and oxygen atoms in total. The molecule has 0 N–H and O–H groups in total. The fraction of sp³-hybridized carbons (Fsp3) is 0.0312. The Morgan fingerprint density at radius 2 is 1.10 bits per heavy atom. The first-order chi connectivity index (χ1) is 33.6. The SMILES string of the molecule is C=C(N=C(N=C(C)n1c2ccccc2c2ccc(-c3ccc4c(c3)-c3c(cccc3-c3ccc5c(c3)c3c6ccccc6ccc3n5-c3ccccc3)C4)cc21)c1ccccc1)c1ccccc1. The minimum atomic E-state index is 0.613. The van der Waals surface area contributed by atoms with Crippen LogP contribution in [0.4, 0.5) is 0 Å². The minimum absolute atomic E-state index is 0.613. The van der Waals surface area contributed by atoms with E-state index in [2.05, 4.69) is 199 Å². The van der Waals surface area contributed by atoms with E-state index in [4.69, 9.17) is 9.98 Å². The van der Waals surface area contributed by atoms with E-state index in [1.165, 1.54) is 82.3 Å². The average Bonchev–Trinajstić information content (AvgIpc) is 4.06. The van der Waals surface area contributed by atoms with Crippen LogP contribution in [0.15, 0.2) is 241 Å². The third kappa shape index (κ3) is 6.45. The second kappa shape index (κ2) is 15.9. The maximum absolute atomic E-state index is 5.30. The summed E-state index contributed by atoms with van der Waals surface area (Å²) in [5, 5.41) is 7.42. The van der Waals surface area contributed by atoms with Crippen LogP contribution in [0.3, 0.4) is 0 Å².